The number of likely N-dealkylation sites (N-methyl/N-ethyl adjacent to an activating group) is 1. The minimum Gasteiger partial charge on any atom is -0.454 e. The molecule has 0 aliphatic carbocycles. The smallest absolute Gasteiger partial charge is 0.231 e. The van der Waals surface area contributed by atoms with E-state index in [9.17, 15) is 0 Å². The van der Waals surface area contributed by atoms with E-state index in [-0.39, 0.29) is 5.54 Å². The van der Waals surface area contributed by atoms with Gasteiger partial charge < -0.3 is 25.0 Å². The molecule has 0 radical (unpaired) electrons. The molecule has 24 heavy (non-hydrogen) atoms. The Kier molecular flexibility index (Phi) is 6.31. The molecule has 2 N–H and O–H groups in total. The maximum absolute atomic E-state index is 5.42. The standard InChI is InChI=1S/C18H30N4O2/c1-6-19-17(21-12-18(2,3)22(4)5)20-10-9-14-7-8-15-16(11-14)24-13-23-15/h7-8,11H,6,9-10,12-13H2,1-5H3,(H2,19,20,21). The Balaban J connectivity index is 1.87. The van der Waals surface area contributed by atoms with E-state index in [1.165, 1.54) is 5.56 Å². The number of benzene rings is 1. The molecule has 0 unspecified atom stereocenters. The summed E-state index contributed by atoms with van der Waals surface area (Å²) in [6, 6.07) is 6.09. The zero-order valence-electron chi connectivity index (χ0n) is 15.5. The van der Waals surface area contributed by atoms with Crippen molar-refractivity contribution < 1.29 is 9.47 Å². The molecule has 0 spiro atoms. The van der Waals surface area contributed by atoms with Crippen molar-refractivity contribution >= 4 is 5.96 Å². The summed E-state index contributed by atoms with van der Waals surface area (Å²) in [6.45, 7) is 9.16. The first kappa shape index (κ1) is 18.4. The largest absolute Gasteiger partial charge is 0.454 e. The SMILES string of the molecule is CCNC(=NCC(C)(C)N(C)C)NCCc1ccc2c(c1)OCO2. The Labute approximate surface area is 145 Å². The number of ether oxygens (including phenoxy) is 2. The van der Waals surface area contributed by atoms with Gasteiger partial charge in [0.2, 0.25) is 6.79 Å². The van der Waals surface area contributed by atoms with Crippen molar-refractivity contribution in [2.75, 3.05) is 40.5 Å². The predicted molar refractivity (Wildman–Crippen MR) is 98.0 cm³/mol. The van der Waals surface area contributed by atoms with Crippen molar-refractivity contribution in [2.24, 2.45) is 4.99 Å². The van der Waals surface area contributed by atoms with E-state index in [4.69, 9.17) is 14.5 Å². The van der Waals surface area contributed by atoms with E-state index >= 15 is 0 Å². The summed E-state index contributed by atoms with van der Waals surface area (Å²) in [6.07, 6.45) is 0.901. The van der Waals surface area contributed by atoms with Gasteiger partial charge in [-0.1, -0.05) is 6.07 Å². The van der Waals surface area contributed by atoms with Crippen molar-refractivity contribution in [3.63, 3.8) is 0 Å². The highest BCUT2D eigenvalue weighted by Gasteiger charge is 2.20. The van der Waals surface area contributed by atoms with Gasteiger partial charge in [-0.15, -0.1) is 0 Å². The minimum atomic E-state index is 0.0275. The van der Waals surface area contributed by atoms with Crippen LogP contribution in [0.2, 0.25) is 0 Å². The number of hydrogen-bond acceptors (Lipinski definition) is 4. The number of fused-ring (bicyclic) bond motifs is 1. The zero-order chi connectivity index (χ0) is 17.6. The molecule has 0 aromatic heterocycles. The van der Waals surface area contributed by atoms with Crippen LogP contribution < -0.4 is 20.1 Å². The fraction of sp³-hybridized carbons (Fsp3) is 0.611. The molecule has 1 aromatic carbocycles. The van der Waals surface area contributed by atoms with Gasteiger partial charge in [-0.3, -0.25) is 4.99 Å². The lowest BCUT2D eigenvalue weighted by molar-refractivity contribution is 0.174. The molecule has 0 amide bonds. The highest BCUT2D eigenvalue weighted by Crippen LogP contribution is 2.32. The Bertz CT molecular complexity index is 570. The average molecular weight is 334 g/mol. The van der Waals surface area contributed by atoms with Crippen LogP contribution in [0.5, 0.6) is 11.5 Å². The maximum Gasteiger partial charge on any atom is 0.231 e. The van der Waals surface area contributed by atoms with Gasteiger partial charge in [0.15, 0.2) is 17.5 Å². The van der Waals surface area contributed by atoms with Gasteiger partial charge in [-0.25, -0.2) is 0 Å². The van der Waals surface area contributed by atoms with Crippen molar-refractivity contribution in [1.82, 2.24) is 15.5 Å². The van der Waals surface area contributed by atoms with Gasteiger partial charge in [0.1, 0.15) is 0 Å². The molecule has 0 bridgehead atoms. The molecular formula is C18H30N4O2. The average Bonchev–Trinajstić information content (AvgIpc) is 3.00. The van der Waals surface area contributed by atoms with Crippen molar-refractivity contribution in [3.05, 3.63) is 23.8 Å². The van der Waals surface area contributed by atoms with Crippen LogP contribution in [0.1, 0.15) is 26.3 Å². The fourth-order valence-corrected chi connectivity index (χ4v) is 2.18. The van der Waals surface area contributed by atoms with Gasteiger partial charge >= 0.3 is 0 Å². The van der Waals surface area contributed by atoms with E-state index in [1.54, 1.807) is 0 Å². The van der Waals surface area contributed by atoms with Gasteiger partial charge in [-0.2, -0.15) is 0 Å². The molecule has 0 atom stereocenters. The van der Waals surface area contributed by atoms with Crippen LogP contribution in [-0.2, 0) is 6.42 Å². The van der Waals surface area contributed by atoms with E-state index in [2.05, 4.69) is 56.5 Å². The van der Waals surface area contributed by atoms with E-state index < -0.39 is 0 Å². The Morgan fingerprint density at radius 2 is 1.96 bits per heavy atom. The molecule has 0 fully saturated rings. The summed E-state index contributed by atoms with van der Waals surface area (Å²) in [5.41, 5.74) is 1.25. The second kappa shape index (κ2) is 8.24. The van der Waals surface area contributed by atoms with Crippen LogP contribution in [0.25, 0.3) is 0 Å². The van der Waals surface area contributed by atoms with Crippen LogP contribution in [-0.4, -0.2) is 56.9 Å². The molecule has 2 rings (SSSR count). The second-order valence-corrected chi connectivity index (χ2v) is 6.77. The van der Waals surface area contributed by atoms with Crippen molar-refractivity contribution in [3.8, 4) is 11.5 Å². The summed E-state index contributed by atoms with van der Waals surface area (Å²) >= 11 is 0. The molecular weight excluding hydrogens is 304 g/mol. The number of hydrogen-bond donors (Lipinski definition) is 2. The Morgan fingerprint density at radius 3 is 2.67 bits per heavy atom. The van der Waals surface area contributed by atoms with Crippen LogP contribution in [0, 0.1) is 0 Å². The van der Waals surface area contributed by atoms with Gasteiger partial charge in [0.25, 0.3) is 0 Å². The molecule has 1 aliphatic rings. The molecule has 6 heteroatoms. The molecule has 134 valence electrons. The van der Waals surface area contributed by atoms with Crippen molar-refractivity contribution in [2.45, 2.75) is 32.7 Å². The molecule has 0 saturated carbocycles. The lowest BCUT2D eigenvalue weighted by atomic mass is 10.1. The fourth-order valence-electron chi connectivity index (χ4n) is 2.18. The van der Waals surface area contributed by atoms with Crippen molar-refractivity contribution in [1.29, 1.82) is 0 Å². The molecule has 1 aliphatic heterocycles. The van der Waals surface area contributed by atoms with Crippen LogP contribution in [0.4, 0.5) is 0 Å². The number of rotatable bonds is 7. The normalized spacial score (nSPS) is 14.2. The van der Waals surface area contributed by atoms with Crippen LogP contribution >= 0.6 is 0 Å². The summed E-state index contributed by atoms with van der Waals surface area (Å²) in [5, 5.41) is 6.69. The lowest BCUT2D eigenvalue weighted by Crippen LogP contribution is -2.44. The van der Waals surface area contributed by atoms with Crippen LogP contribution in [0.15, 0.2) is 23.2 Å². The van der Waals surface area contributed by atoms with Crippen LogP contribution in [0.3, 0.4) is 0 Å². The third kappa shape index (κ3) is 5.03. The highest BCUT2D eigenvalue weighted by molar-refractivity contribution is 5.79. The topological polar surface area (TPSA) is 58.1 Å². The molecule has 6 nitrogen and oxygen atoms in total. The first-order chi connectivity index (χ1) is 11.4. The van der Waals surface area contributed by atoms with Gasteiger partial charge in [-0.05, 0) is 59.0 Å². The summed E-state index contributed by atoms with van der Waals surface area (Å²) in [7, 11) is 4.16. The number of nitrogens with one attached hydrogen (secondary N) is 2. The third-order valence-electron chi connectivity index (χ3n) is 4.32. The van der Waals surface area contributed by atoms with Gasteiger partial charge in [0, 0.05) is 18.6 Å². The molecule has 1 aromatic rings. The maximum atomic E-state index is 5.42. The monoisotopic (exact) mass is 334 g/mol. The number of aliphatic imine (C=N–C) groups is 1. The summed E-state index contributed by atoms with van der Waals surface area (Å²) < 4.78 is 10.8. The predicted octanol–water partition coefficient (Wildman–Crippen LogP) is 1.85. The number of guanidine groups is 1. The second-order valence-electron chi connectivity index (χ2n) is 6.77. The summed E-state index contributed by atoms with van der Waals surface area (Å²) in [5.74, 6) is 2.52. The Morgan fingerprint density at radius 1 is 1.21 bits per heavy atom. The molecule has 1 heterocycles. The van der Waals surface area contributed by atoms with E-state index in [0.29, 0.717) is 6.79 Å². The van der Waals surface area contributed by atoms with E-state index in [0.717, 1.165) is 43.5 Å². The first-order valence-corrected chi connectivity index (χ1v) is 8.50. The highest BCUT2D eigenvalue weighted by atomic mass is 16.7. The molecule has 0 saturated heterocycles. The summed E-state index contributed by atoms with van der Waals surface area (Å²) in [4.78, 5) is 6.89. The number of nitrogens with zero attached hydrogens (tertiary/aromatic N) is 2. The Hall–Kier alpha value is -1.95. The van der Waals surface area contributed by atoms with E-state index in [1.807, 2.05) is 12.1 Å². The zero-order valence-corrected chi connectivity index (χ0v) is 15.5. The first-order valence-electron chi connectivity index (χ1n) is 8.50. The quantitative estimate of drug-likeness (QED) is 0.589. The minimum absolute atomic E-state index is 0.0275. The lowest BCUT2D eigenvalue weighted by Gasteiger charge is -2.31. The van der Waals surface area contributed by atoms with Gasteiger partial charge in [0.05, 0.1) is 6.54 Å². The third-order valence-corrected chi connectivity index (χ3v) is 4.32.